The Morgan fingerprint density at radius 1 is 0.299 bits per heavy atom. The largest absolute Gasteiger partial charge is 0.310 e. The Labute approximate surface area is 394 Å². The first-order chi connectivity index (χ1) is 33.2. The first-order valence-corrected chi connectivity index (χ1v) is 24.0. The second-order valence-corrected chi connectivity index (χ2v) is 19.0. The summed E-state index contributed by atoms with van der Waals surface area (Å²) in [5.74, 6) is 0. The van der Waals surface area contributed by atoms with Crippen LogP contribution in [-0.4, -0.2) is 0 Å². The van der Waals surface area contributed by atoms with E-state index in [1.807, 2.05) is 11.3 Å². The van der Waals surface area contributed by atoms with Crippen LogP contribution in [0.4, 0.5) is 17.1 Å². The molecule has 0 atom stereocenters. The zero-order valence-corrected chi connectivity index (χ0v) is 37.3. The van der Waals surface area contributed by atoms with Crippen LogP contribution in [0.2, 0.25) is 0 Å². The van der Waals surface area contributed by atoms with E-state index in [0.717, 1.165) is 17.1 Å². The molecule has 67 heavy (non-hydrogen) atoms. The van der Waals surface area contributed by atoms with Crippen LogP contribution < -0.4 is 4.90 Å². The third-order valence-corrected chi connectivity index (χ3v) is 15.7. The van der Waals surface area contributed by atoms with Crippen molar-refractivity contribution < 1.29 is 0 Å². The highest BCUT2D eigenvalue weighted by Gasteiger charge is 2.51. The first-order valence-electron chi connectivity index (χ1n) is 23.2. The first kappa shape index (κ1) is 38.0. The van der Waals surface area contributed by atoms with E-state index in [4.69, 9.17) is 0 Å². The van der Waals surface area contributed by atoms with Crippen molar-refractivity contribution in [2.45, 2.75) is 5.41 Å². The van der Waals surface area contributed by atoms with Gasteiger partial charge in [-0.3, -0.25) is 0 Å². The van der Waals surface area contributed by atoms with Gasteiger partial charge in [-0.2, -0.15) is 0 Å². The summed E-state index contributed by atoms with van der Waals surface area (Å²) >= 11 is 1.88. The molecule has 1 aromatic heterocycles. The second-order valence-electron chi connectivity index (χ2n) is 17.9. The van der Waals surface area contributed by atoms with Gasteiger partial charge in [-0.1, -0.05) is 200 Å². The third-order valence-electron chi connectivity index (χ3n) is 14.5. The molecule has 0 N–H and O–H groups in total. The van der Waals surface area contributed by atoms with Crippen LogP contribution in [0.1, 0.15) is 22.3 Å². The predicted molar refractivity (Wildman–Crippen MR) is 284 cm³/mol. The van der Waals surface area contributed by atoms with Gasteiger partial charge in [0.15, 0.2) is 0 Å². The number of nitrogens with zero attached hydrogens (tertiary/aromatic N) is 1. The minimum atomic E-state index is -0.460. The van der Waals surface area contributed by atoms with Crippen molar-refractivity contribution in [2.75, 3.05) is 4.90 Å². The van der Waals surface area contributed by atoms with E-state index in [0.29, 0.717) is 0 Å². The lowest BCUT2D eigenvalue weighted by molar-refractivity contribution is 0.793. The molecule has 2 aliphatic rings. The molecule has 0 saturated heterocycles. The van der Waals surface area contributed by atoms with E-state index in [1.165, 1.54) is 109 Å². The fourth-order valence-corrected chi connectivity index (χ4v) is 12.8. The number of hydrogen-bond acceptors (Lipinski definition) is 2. The molecule has 11 aromatic carbocycles. The smallest absolute Gasteiger partial charge is 0.0726 e. The van der Waals surface area contributed by atoms with Gasteiger partial charge in [0.05, 0.1) is 11.1 Å². The summed E-state index contributed by atoms with van der Waals surface area (Å²) in [4.78, 5) is 2.50. The summed E-state index contributed by atoms with van der Waals surface area (Å²) in [6, 6.07) is 92.7. The number of benzene rings is 11. The van der Waals surface area contributed by atoms with Gasteiger partial charge in [0.2, 0.25) is 0 Å². The Bertz CT molecular complexity index is 3900. The maximum atomic E-state index is 2.50. The molecule has 2 heteroatoms. The third kappa shape index (κ3) is 5.67. The molecule has 0 aliphatic heterocycles. The molecule has 1 nitrogen and oxygen atoms in total. The van der Waals surface area contributed by atoms with E-state index in [1.54, 1.807) is 0 Å². The highest BCUT2D eigenvalue weighted by Crippen LogP contribution is 2.63. The average molecular weight is 868 g/mol. The molecule has 12 aromatic rings. The molecular weight excluding hydrogens is 827 g/mol. The number of para-hydroxylation sites is 1. The number of hydrogen-bond donors (Lipinski definition) is 0. The standard InChI is InChI=1S/C65H41NS/c1-2-17-43-38-47(35-34-42(43)16-1)50-22-6-11-32-62(50)66(48-21-14-19-45(40-48)44-18-13-20-46(39-44)51-27-15-28-57-56-26-7-12-33-63(56)67-64(51)57)49-36-37-55-54-25-5-10-31-60(54)65(61(55)41-49)58-29-8-3-23-52(58)53-24-4-9-30-59(53)65/h1-41H. The minimum Gasteiger partial charge on any atom is -0.310 e. The summed E-state index contributed by atoms with van der Waals surface area (Å²) in [5, 5.41) is 5.10. The molecule has 0 saturated carbocycles. The fraction of sp³-hybridized carbons (Fsp3) is 0.0154. The lowest BCUT2D eigenvalue weighted by Crippen LogP contribution is -2.26. The highest BCUT2D eigenvalue weighted by atomic mass is 32.1. The summed E-state index contributed by atoms with van der Waals surface area (Å²) < 4.78 is 2.65. The summed E-state index contributed by atoms with van der Waals surface area (Å²) in [6.07, 6.45) is 0. The van der Waals surface area contributed by atoms with Crippen LogP contribution in [0.5, 0.6) is 0 Å². The number of thiophene rings is 1. The minimum absolute atomic E-state index is 0.460. The van der Waals surface area contributed by atoms with Gasteiger partial charge in [-0.25, -0.2) is 0 Å². The van der Waals surface area contributed by atoms with Crippen molar-refractivity contribution in [1.29, 1.82) is 0 Å². The normalized spacial score (nSPS) is 12.9. The maximum Gasteiger partial charge on any atom is 0.0726 e. The van der Waals surface area contributed by atoms with Crippen molar-refractivity contribution in [3.63, 3.8) is 0 Å². The van der Waals surface area contributed by atoms with E-state index >= 15 is 0 Å². The summed E-state index contributed by atoms with van der Waals surface area (Å²) in [7, 11) is 0. The monoisotopic (exact) mass is 867 g/mol. The molecule has 0 radical (unpaired) electrons. The van der Waals surface area contributed by atoms with Crippen molar-refractivity contribution in [2.24, 2.45) is 0 Å². The Balaban J connectivity index is 0.979. The van der Waals surface area contributed by atoms with Crippen LogP contribution >= 0.6 is 11.3 Å². The summed E-state index contributed by atoms with van der Waals surface area (Å²) in [5.41, 5.74) is 20.6. The van der Waals surface area contributed by atoms with Gasteiger partial charge < -0.3 is 4.90 Å². The van der Waals surface area contributed by atoms with Crippen molar-refractivity contribution in [3.05, 3.63) is 271 Å². The average Bonchev–Trinajstić information content (AvgIpc) is 4.03. The molecule has 14 rings (SSSR count). The molecule has 0 bridgehead atoms. The maximum absolute atomic E-state index is 2.50. The van der Waals surface area contributed by atoms with Crippen molar-refractivity contribution in [3.8, 4) is 55.6 Å². The fourth-order valence-electron chi connectivity index (χ4n) is 11.6. The topological polar surface area (TPSA) is 3.24 Å². The Kier molecular flexibility index (Phi) is 8.44. The summed E-state index contributed by atoms with van der Waals surface area (Å²) in [6.45, 7) is 0. The number of fused-ring (bicyclic) bond motifs is 14. The van der Waals surface area contributed by atoms with Crippen LogP contribution in [0.15, 0.2) is 249 Å². The van der Waals surface area contributed by atoms with Gasteiger partial charge in [0, 0.05) is 37.1 Å². The molecule has 1 spiro atoms. The molecule has 0 fully saturated rings. The SMILES string of the molecule is c1cc(-c2cccc(N(c3ccc4c(c3)C3(c5ccccc5-c5ccccc53)c3ccccc3-4)c3ccccc3-c3ccc4ccccc4c3)c2)cc(-c2cccc3c2sc2ccccc23)c1. The quantitative estimate of drug-likeness (QED) is 0.161. The molecule has 2 aliphatic carbocycles. The van der Waals surface area contributed by atoms with Gasteiger partial charge in [-0.05, 0) is 132 Å². The van der Waals surface area contributed by atoms with E-state index in [9.17, 15) is 0 Å². The van der Waals surface area contributed by atoms with Gasteiger partial charge in [-0.15, -0.1) is 11.3 Å². The Hall–Kier alpha value is -8.30. The zero-order valence-electron chi connectivity index (χ0n) is 36.5. The predicted octanol–water partition coefficient (Wildman–Crippen LogP) is 18.0. The molecule has 0 unspecified atom stereocenters. The molecule has 312 valence electrons. The van der Waals surface area contributed by atoms with Crippen LogP contribution in [0.3, 0.4) is 0 Å². The molecular formula is C65H41NS. The lowest BCUT2D eigenvalue weighted by Gasteiger charge is -2.33. The second kappa shape index (κ2) is 14.9. The van der Waals surface area contributed by atoms with Crippen LogP contribution in [0.25, 0.3) is 86.6 Å². The molecule has 1 heterocycles. The van der Waals surface area contributed by atoms with Gasteiger partial charge >= 0.3 is 0 Å². The van der Waals surface area contributed by atoms with Gasteiger partial charge in [0.1, 0.15) is 0 Å². The Morgan fingerprint density at radius 2 is 0.836 bits per heavy atom. The van der Waals surface area contributed by atoms with Crippen molar-refractivity contribution in [1.82, 2.24) is 0 Å². The van der Waals surface area contributed by atoms with E-state index < -0.39 is 5.41 Å². The number of anilines is 3. The van der Waals surface area contributed by atoms with Crippen LogP contribution in [0, 0.1) is 0 Å². The highest BCUT2D eigenvalue weighted by molar-refractivity contribution is 7.26. The van der Waals surface area contributed by atoms with Gasteiger partial charge in [0.25, 0.3) is 0 Å². The zero-order chi connectivity index (χ0) is 44.1. The van der Waals surface area contributed by atoms with Crippen molar-refractivity contribution >= 4 is 59.3 Å². The van der Waals surface area contributed by atoms with E-state index in [-0.39, 0.29) is 0 Å². The molecule has 0 amide bonds. The number of rotatable bonds is 6. The van der Waals surface area contributed by atoms with Crippen LogP contribution in [-0.2, 0) is 5.41 Å². The van der Waals surface area contributed by atoms with E-state index in [2.05, 4.69) is 254 Å². The Morgan fingerprint density at radius 3 is 1.61 bits per heavy atom. The lowest BCUT2D eigenvalue weighted by atomic mass is 9.70.